The van der Waals surface area contributed by atoms with Crippen LogP contribution in [0, 0.1) is 0 Å². The summed E-state index contributed by atoms with van der Waals surface area (Å²) in [5.74, 6) is 1.53. The lowest BCUT2D eigenvalue weighted by Gasteiger charge is -2.14. The van der Waals surface area contributed by atoms with Gasteiger partial charge in [-0.1, -0.05) is 42.7 Å². The molecule has 0 spiro atoms. The van der Waals surface area contributed by atoms with E-state index < -0.39 is 0 Å². The number of nitrogen functional groups attached to an aromatic ring is 1. The summed E-state index contributed by atoms with van der Waals surface area (Å²) in [6.45, 7) is 25.8. The number of benzene rings is 1. The van der Waals surface area contributed by atoms with Crippen LogP contribution in [0.25, 0.3) is 21.5 Å². The molecule has 2 aromatic heterocycles. The first-order chi connectivity index (χ1) is 46.4. The third kappa shape index (κ3) is 48.1. The second-order valence-electron chi connectivity index (χ2n) is 20.5. The molecule has 0 unspecified atom stereocenters. The monoisotopic (exact) mass is 1350 g/mol. The maximum atomic E-state index is 12.5. The molecule has 94 heavy (non-hydrogen) atoms. The van der Waals surface area contributed by atoms with Gasteiger partial charge >= 0.3 is 0 Å². The van der Waals surface area contributed by atoms with Crippen molar-refractivity contribution in [3.8, 4) is 5.88 Å². The Morgan fingerprint density at radius 3 is 1.10 bits per heavy atom. The minimum atomic E-state index is -0.0871. The Morgan fingerprint density at radius 1 is 0.479 bits per heavy atom. The SMILES string of the molecule is CCCCc1nc2c(N)nnc(OC(C)C)c2n1Cc1ccc(CNC(=O)CCOCCOCCOCCOCCOCCOCCOCCOCCOCCOCCOCCOCCOCCOCCOCCOCCOCCOCCOCCOCCN=[N+]=[N-])cc1. The number of aromatic nitrogens is 4. The molecule has 0 radical (unpaired) electrons. The lowest BCUT2D eigenvalue weighted by Crippen LogP contribution is -2.24. The Morgan fingerprint density at radius 2 is 0.787 bits per heavy atom. The van der Waals surface area contributed by atoms with Crippen LogP contribution in [0.3, 0.4) is 0 Å². The summed E-state index contributed by atoms with van der Waals surface area (Å²) < 4.78 is 118. The number of ether oxygens (including phenoxy) is 21. The van der Waals surface area contributed by atoms with Gasteiger partial charge in [-0.2, -0.15) is 0 Å². The number of carbonyl (C=O) groups is 1. The smallest absolute Gasteiger partial charge is 0.260 e. The molecule has 0 saturated carbocycles. The Kier molecular flexibility index (Phi) is 56.1. The number of hydrogen-bond donors (Lipinski definition) is 2. The third-order valence-corrected chi connectivity index (χ3v) is 12.6. The van der Waals surface area contributed by atoms with Gasteiger partial charge in [-0.15, -0.1) is 10.2 Å². The largest absolute Gasteiger partial charge is 0.472 e. The van der Waals surface area contributed by atoms with Crippen molar-refractivity contribution >= 4 is 22.8 Å². The van der Waals surface area contributed by atoms with Crippen molar-refractivity contribution in [1.29, 1.82) is 0 Å². The number of nitrogens with one attached hydrogen (secondary N) is 1. The molecule has 0 atom stereocenters. The van der Waals surface area contributed by atoms with E-state index in [1.165, 1.54) is 0 Å². The normalized spacial score (nSPS) is 11.6. The number of unbranched alkanes of at least 4 members (excludes halogenated alkanes) is 1. The fourth-order valence-electron chi connectivity index (χ4n) is 7.92. The average molecular weight is 1350 g/mol. The minimum Gasteiger partial charge on any atom is -0.472 e. The molecule has 2 heterocycles. The average Bonchev–Trinajstić information content (AvgIpc) is 1.61. The highest BCUT2D eigenvalue weighted by Gasteiger charge is 2.21. The molecule has 0 fully saturated rings. The fraction of sp³-hybridized carbons (Fsp3) is 0.810. The molecule has 3 rings (SSSR count). The molecule has 3 aromatic rings. The number of rotatable bonds is 72. The number of aryl methyl sites for hydroxylation is 1. The Balaban J connectivity index is 0.917. The van der Waals surface area contributed by atoms with Crippen LogP contribution in [0.1, 0.15) is 57.0 Å². The molecule has 540 valence electrons. The van der Waals surface area contributed by atoms with Gasteiger partial charge in [0.05, 0.1) is 270 Å². The van der Waals surface area contributed by atoms with E-state index in [4.69, 9.17) is 116 Å². The molecule has 0 aliphatic carbocycles. The highest BCUT2D eigenvalue weighted by atomic mass is 16.6. The van der Waals surface area contributed by atoms with Gasteiger partial charge in [0.1, 0.15) is 16.9 Å². The number of nitrogens with two attached hydrogens (primary N) is 1. The van der Waals surface area contributed by atoms with E-state index in [2.05, 4.69) is 49.2 Å². The standard InChI is InChI=1S/C63H111N9O22/c1-4-5-6-58-68-60-61(63(94-55(2)3)70-69-62(60)64)72(58)54-57-9-7-56(8-10-57)53-66-59(73)11-13-74-15-17-76-19-21-78-23-25-80-27-29-82-31-33-84-35-37-86-39-41-88-43-45-90-47-49-92-51-52-93-50-48-91-46-44-89-42-40-87-38-36-85-34-32-83-30-28-81-26-24-79-22-20-77-18-16-75-14-12-67-71-65/h7-10,55H,4-6,11-54H2,1-3H3,(H2,64,69)(H,66,73). The second-order valence-corrected chi connectivity index (χ2v) is 20.5. The van der Waals surface area contributed by atoms with E-state index in [0.29, 0.717) is 295 Å². The topological polar surface area (TPSA) is 341 Å². The lowest BCUT2D eigenvalue weighted by molar-refractivity contribution is -0.122. The van der Waals surface area contributed by atoms with Crippen LogP contribution >= 0.6 is 0 Å². The van der Waals surface area contributed by atoms with Gasteiger partial charge in [0, 0.05) is 37.4 Å². The predicted molar refractivity (Wildman–Crippen MR) is 347 cm³/mol. The molecule has 3 N–H and O–H groups in total. The molecule has 0 aliphatic heterocycles. The summed E-state index contributed by atoms with van der Waals surface area (Å²) in [5, 5.41) is 14.7. The number of amides is 1. The number of hydrogen-bond acceptors (Lipinski definition) is 27. The van der Waals surface area contributed by atoms with Crippen molar-refractivity contribution in [2.24, 2.45) is 5.11 Å². The molecule has 1 aromatic carbocycles. The molecule has 0 bridgehead atoms. The molecule has 31 heteroatoms. The third-order valence-electron chi connectivity index (χ3n) is 12.6. The van der Waals surface area contributed by atoms with E-state index in [-0.39, 0.29) is 24.2 Å². The first-order valence-corrected chi connectivity index (χ1v) is 33.0. The highest BCUT2D eigenvalue weighted by Crippen LogP contribution is 2.30. The van der Waals surface area contributed by atoms with E-state index in [1.807, 2.05) is 26.0 Å². The van der Waals surface area contributed by atoms with E-state index in [0.717, 1.165) is 41.7 Å². The molecular weight excluding hydrogens is 1230 g/mol. The number of nitrogens with zero attached hydrogens (tertiary/aromatic N) is 7. The van der Waals surface area contributed by atoms with Gasteiger partial charge in [0.25, 0.3) is 5.88 Å². The maximum Gasteiger partial charge on any atom is 0.260 e. The Bertz CT molecular complexity index is 2240. The molecular formula is C63H111N9O22. The van der Waals surface area contributed by atoms with E-state index in [9.17, 15) is 4.79 Å². The zero-order chi connectivity index (χ0) is 66.9. The first kappa shape index (κ1) is 83.6. The molecule has 0 aliphatic rings. The summed E-state index contributed by atoms with van der Waals surface area (Å²) >= 11 is 0. The second kappa shape index (κ2) is 63.1. The van der Waals surface area contributed by atoms with Gasteiger partial charge in [-0.05, 0) is 36.9 Å². The van der Waals surface area contributed by atoms with Gasteiger partial charge in [0.15, 0.2) is 5.82 Å². The van der Waals surface area contributed by atoms with Gasteiger partial charge in [-0.25, -0.2) is 4.98 Å². The zero-order valence-corrected chi connectivity index (χ0v) is 56.3. The number of imidazole rings is 1. The van der Waals surface area contributed by atoms with Crippen molar-refractivity contribution in [1.82, 2.24) is 25.1 Å². The van der Waals surface area contributed by atoms with Crippen molar-refractivity contribution < 1.29 is 104 Å². The fourth-order valence-corrected chi connectivity index (χ4v) is 7.92. The first-order valence-electron chi connectivity index (χ1n) is 33.0. The number of azide groups is 1. The number of carbonyl (C=O) groups excluding carboxylic acids is 1. The maximum absolute atomic E-state index is 12.5. The van der Waals surface area contributed by atoms with Crippen LogP contribution in [-0.4, -0.2) is 303 Å². The van der Waals surface area contributed by atoms with E-state index >= 15 is 0 Å². The van der Waals surface area contributed by atoms with E-state index in [1.54, 1.807) is 0 Å². The Hall–Kier alpha value is -4.65. The van der Waals surface area contributed by atoms with Crippen molar-refractivity contribution in [2.75, 3.05) is 277 Å². The van der Waals surface area contributed by atoms with Crippen LogP contribution in [0.2, 0.25) is 0 Å². The quantitative estimate of drug-likeness (QED) is 0.0345. The van der Waals surface area contributed by atoms with Crippen LogP contribution in [-0.2, 0) is 119 Å². The van der Waals surface area contributed by atoms with Gasteiger partial charge in [0.2, 0.25) is 5.91 Å². The summed E-state index contributed by atoms with van der Waals surface area (Å²) in [7, 11) is 0. The number of fused-ring (bicyclic) bond motifs is 1. The van der Waals surface area contributed by atoms with Crippen molar-refractivity contribution in [3.63, 3.8) is 0 Å². The molecule has 0 saturated heterocycles. The van der Waals surface area contributed by atoms with Crippen LogP contribution in [0.4, 0.5) is 5.82 Å². The molecule has 31 nitrogen and oxygen atoms in total. The highest BCUT2D eigenvalue weighted by molar-refractivity contribution is 5.88. The van der Waals surface area contributed by atoms with Gasteiger partial charge < -0.3 is 115 Å². The summed E-state index contributed by atoms with van der Waals surface area (Å²) in [5.41, 5.74) is 17.8. The lowest BCUT2D eigenvalue weighted by atomic mass is 10.1. The van der Waals surface area contributed by atoms with Crippen LogP contribution in [0.15, 0.2) is 29.4 Å². The minimum absolute atomic E-state index is 0.0851. The summed E-state index contributed by atoms with van der Waals surface area (Å²) in [6.07, 6.45) is 2.99. The number of anilines is 1. The Labute approximate surface area is 555 Å². The summed E-state index contributed by atoms with van der Waals surface area (Å²) in [6, 6.07) is 8.14. The van der Waals surface area contributed by atoms with Crippen molar-refractivity contribution in [2.45, 2.75) is 65.6 Å². The molecule has 1 amide bonds. The zero-order valence-electron chi connectivity index (χ0n) is 56.3. The van der Waals surface area contributed by atoms with Crippen molar-refractivity contribution in [3.05, 3.63) is 51.7 Å². The van der Waals surface area contributed by atoms with Gasteiger partial charge in [-0.3, -0.25) is 4.79 Å². The van der Waals surface area contributed by atoms with Crippen LogP contribution in [0.5, 0.6) is 5.88 Å². The predicted octanol–water partition coefficient (Wildman–Crippen LogP) is 4.24. The summed E-state index contributed by atoms with van der Waals surface area (Å²) in [4.78, 5) is 20.0. The van der Waals surface area contributed by atoms with Crippen LogP contribution < -0.4 is 15.8 Å².